The molecule has 2 aliphatic rings. The molecular weight excluding hydrogens is 445 g/mol. The van der Waals surface area contributed by atoms with Crippen molar-refractivity contribution in [2.75, 3.05) is 9.80 Å². The summed E-state index contributed by atoms with van der Waals surface area (Å²) in [5, 5.41) is 11.0. The van der Waals surface area contributed by atoms with Crippen LogP contribution in [0.1, 0.15) is 31.2 Å². The van der Waals surface area contributed by atoms with Crippen molar-refractivity contribution in [3.05, 3.63) is 69.6 Å². The molecule has 0 atom stereocenters. The first-order valence-corrected chi connectivity index (χ1v) is 10.0. The molecule has 1 heterocycles. The van der Waals surface area contributed by atoms with Crippen LogP contribution in [0.3, 0.4) is 0 Å². The molecule has 32 heavy (non-hydrogen) atoms. The number of hydrogen-bond donors (Lipinski definition) is 0. The van der Waals surface area contributed by atoms with Gasteiger partial charge in [0.1, 0.15) is 5.54 Å². The minimum absolute atomic E-state index is 0.00515. The number of carbonyl (C=O) groups is 1. The lowest BCUT2D eigenvalue weighted by Gasteiger charge is -2.32. The molecule has 0 unspecified atom stereocenters. The first kappa shape index (κ1) is 21.7. The van der Waals surface area contributed by atoms with Gasteiger partial charge in [-0.2, -0.15) is 13.2 Å². The molecule has 1 saturated heterocycles. The number of benzene rings is 2. The summed E-state index contributed by atoms with van der Waals surface area (Å²) in [6, 6.07) is 8.60. The maximum atomic E-state index is 13.6. The molecule has 0 radical (unpaired) electrons. The average Bonchev–Trinajstić information content (AvgIpc) is 3.31. The summed E-state index contributed by atoms with van der Waals surface area (Å²) in [4.78, 5) is 29.6. The zero-order chi connectivity index (χ0) is 23.3. The van der Waals surface area contributed by atoms with E-state index in [0.717, 1.165) is 29.9 Å². The number of anilines is 2. The maximum absolute atomic E-state index is 13.6. The van der Waals surface area contributed by atoms with E-state index < -0.39 is 33.8 Å². The molecule has 1 aliphatic heterocycles. The molecule has 2 aromatic rings. The van der Waals surface area contributed by atoms with Gasteiger partial charge < -0.3 is 4.90 Å². The Morgan fingerprint density at radius 1 is 1.09 bits per heavy atom. The predicted molar refractivity (Wildman–Crippen MR) is 115 cm³/mol. The number of nitrogens with zero attached hydrogens (tertiary/aromatic N) is 4. The van der Waals surface area contributed by atoms with Crippen molar-refractivity contribution in [1.82, 2.24) is 0 Å². The van der Waals surface area contributed by atoms with E-state index in [-0.39, 0.29) is 16.5 Å². The first-order chi connectivity index (χ1) is 15.1. The van der Waals surface area contributed by atoms with Crippen LogP contribution in [-0.2, 0) is 11.0 Å². The third kappa shape index (κ3) is 3.27. The molecule has 0 aromatic heterocycles. The number of nitro groups is 1. The summed E-state index contributed by atoms with van der Waals surface area (Å²) in [6.45, 7) is 7.01. The van der Waals surface area contributed by atoms with E-state index in [2.05, 4.69) is 4.85 Å². The molecule has 1 aliphatic carbocycles. The zero-order valence-corrected chi connectivity index (χ0v) is 17.2. The normalized spacial score (nSPS) is 17.8. The second kappa shape index (κ2) is 7.56. The smallest absolute Gasteiger partial charge is 0.303 e. The third-order valence-corrected chi connectivity index (χ3v) is 6.19. The largest absolute Gasteiger partial charge is 0.407 e. The van der Waals surface area contributed by atoms with Crippen LogP contribution < -0.4 is 9.80 Å². The molecule has 0 N–H and O–H groups in total. The Morgan fingerprint density at radius 2 is 1.69 bits per heavy atom. The van der Waals surface area contributed by atoms with Crippen molar-refractivity contribution < 1.29 is 22.9 Å². The molecule has 11 heteroatoms. The van der Waals surface area contributed by atoms with E-state index in [1.165, 1.54) is 30.3 Å². The van der Waals surface area contributed by atoms with Crippen LogP contribution >= 0.6 is 12.2 Å². The first-order valence-electron chi connectivity index (χ1n) is 9.62. The number of halogens is 3. The van der Waals surface area contributed by atoms with Crippen molar-refractivity contribution in [3.8, 4) is 0 Å². The van der Waals surface area contributed by atoms with Gasteiger partial charge in [0.15, 0.2) is 10.8 Å². The standard InChI is InChI=1S/C21H15F3N4O3S/c1-25-17-9-8-15(12-16(17)21(22,23)24)26-18(29)20(10-2-3-11-20)27(19(26)32)13-4-6-14(7-5-13)28(30)31/h4-9,12H,2-3,10-11H2. The van der Waals surface area contributed by atoms with E-state index in [1.54, 1.807) is 4.90 Å². The Morgan fingerprint density at radius 3 is 2.22 bits per heavy atom. The van der Waals surface area contributed by atoms with Gasteiger partial charge in [0.25, 0.3) is 11.6 Å². The van der Waals surface area contributed by atoms with Gasteiger partial charge >= 0.3 is 6.18 Å². The second-order valence-electron chi connectivity index (χ2n) is 7.58. The molecule has 164 valence electrons. The van der Waals surface area contributed by atoms with Crippen LogP contribution in [-0.4, -0.2) is 21.5 Å². The molecular formula is C21H15F3N4O3S. The maximum Gasteiger partial charge on any atom is 0.407 e. The molecule has 2 fully saturated rings. The Bertz CT molecular complexity index is 1170. The van der Waals surface area contributed by atoms with Gasteiger partial charge in [-0.25, -0.2) is 4.85 Å². The summed E-state index contributed by atoms with van der Waals surface area (Å²) < 4.78 is 40.5. The number of hydrogen-bond acceptors (Lipinski definition) is 4. The van der Waals surface area contributed by atoms with Crippen LogP contribution in [0.25, 0.3) is 4.85 Å². The third-order valence-electron chi connectivity index (χ3n) is 5.83. The number of rotatable bonds is 3. The number of alkyl halides is 3. The lowest BCUT2D eigenvalue weighted by molar-refractivity contribution is -0.384. The minimum atomic E-state index is -4.77. The van der Waals surface area contributed by atoms with Crippen LogP contribution in [0.15, 0.2) is 42.5 Å². The number of thiocarbonyl (C=S) groups is 1. The fourth-order valence-corrected chi connectivity index (χ4v) is 4.84. The molecule has 1 saturated carbocycles. The fourth-order valence-electron chi connectivity index (χ4n) is 4.37. The highest BCUT2D eigenvalue weighted by molar-refractivity contribution is 7.81. The van der Waals surface area contributed by atoms with Crippen molar-refractivity contribution in [2.24, 2.45) is 0 Å². The van der Waals surface area contributed by atoms with Gasteiger partial charge in [0.2, 0.25) is 0 Å². The second-order valence-corrected chi connectivity index (χ2v) is 7.95. The monoisotopic (exact) mass is 460 g/mol. The highest BCUT2D eigenvalue weighted by atomic mass is 32.1. The van der Waals surface area contributed by atoms with Crippen molar-refractivity contribution in [3.63, 3.8) is 0 Å². The lowest BCUT2D eigenvalue weighted by Crippen LogP contribution is -2.47. The Hall–Kier alpha value is -3.52. The van der Waals surface area contributed by atoms with Crippen LogP contribution in [0, 0.1) is 16.7 Å². The van der Waals surface area contributed by atoms with Crippen molar-refractivity contribution in [1.29, 1.82) is 0 Å². The SMILES string of the molecule is [C-]#[N+]c1ccc(N2C(=O)C3(CCCC3)N(c3ccc([N+](=O)[O-])cc3)C2=S)cc1C(F)(F)F. The summed E-state index contributed by atoms with van der Waals surface area (Å²) in [6.07, 6.45) is -2.41. The highest BCUT2D eigenvalue weighted by Gasteiger charge is 2.57. The molecule has 4 rings (SSSR count). The van der Waals surface area contributed by atoms with Gasteiger partial charge in [-0.1, -0.05) is 18.9 Å². The summed E-state index contributed by atoms with van der Waals surface area (Å²) >= 11 is 5.55. The molecule has 1 spiro atoms. The summed E-state index contributed by atoms with van der Waals surface area (Å²) in [5.74, 6) is -0.443. The Kier molecular flexibility index (Phi) is 5.13. The number of amides is 1. The highest BCUT2D eigenvalue weighted by Crippen LogP contribution is 2.47. The van der Waals surface area contributed by atoms with E-state index in [0.29, 0.717) is 18.5 Å². The predicted octanol–water partition coefficient (Wildman–Crippen LogP) is 5.62. The van der Waals surface area contributed by atoms with E-state index in [4.69, 9.17) is 18.8 Å². The van der Waals surface area contributed by atoms with E-state index in [1.807, 2.05) is 0 Å². The quantitative estimate of drug-likeness (QED) is 0.258. The van der Waals surface area contributed by atoms with Gasteiger partial charge in [0.05, 0.1) is 17.1 Å². The van der Waals surface area contributed by atoms with Crippen molar-refractivity contribution >= 4 is 46.0 Å². The number of nitro benzene ring substituents is 1. The van der Waals surface area contributed by atoms with E-state index >= 15 is 0 Å². The van der Waals surface area contributed by atoms with Crippen LogP contribution in [0.5, 0.6) is 0 Å². The minimum Gasteiger partial charge on any atom is -0.303 e. The van der Waals surface area contributed by atoms with Gasteiger partial charge in [0, 0.05) is 23.5 Å². The van der Waals surface area contributed by atoms with Gasteiger partial charge in [-0.05, 0) is 49.3 Å². The topological polar surface area (TPSA) is 71.0 Å². The van der Waals surface area contributed by atoms with Crippen molar-refractivity contribution in [2.45, 2.75) is 37.4 Å². The van der Waals surface area contributed by atoms with E-state index in [9.17, 15) is 28.1 Å². The summed E-state index contributed by atoms with van der Waals surface area (Å²) in [5.41, 5.74) is -2.53. The Labute approximate surface area is 186 Å². The lowest BCUT2D eigenvalue weighted by atomic mass is 9.95. The van der Waals surface area contributed by atoms with Crippen LogP contribution in [0.4, 0.5) is 35.9 Å². The van der Waals surface area contributed by atoms with Crippen LogP contribution in [0.2, 0.25) is 0 Å². The molecule has 1 amide bonds. The van der Waals surface area contributed by atoms with Gasteiger partial charge in [-0.3, -0.25) is 19.8 Å². The number of non-ortho nitro benzene ring substituents is 1. The summed E-state index contributed by atoms with van der Waals surface area (Å²) in [7, 11) is 0. The number of carbonyl (C=O) groups excluding carboxylic acids is 1. The molecule has 2 aromatic carbocycles. The fraction of sp³-hybridized carbons (Fsp3) is 0.286. The zero-order valence-electron chi connectivity index (χ0n) is 16.4. The van der Waals surface area contributed by atoms with Gasteiger partial charge in [-0.15, -0.1) is 0 Å². The average molecular weight is 460 g/mol. The molecule has 7 nitrogen and oxygen atoms in total. The molecule has 0 bridgehead atoms. The Balaban J connectivity index is 1.82.